The van der Waals surface area contributed by atoms with Gasteiger partial charge in [0, 0.05) is 0 Å². The number of ether oxygens (including phenoxy) is 1. The molecular formula is C11H18N3O2+. The number of allylic oxidation sites excluding steroid dienone is 1. The maximum atomic E-state index is 8.52. The van der Waals surface area contributed by atoms with Crippen LogP contribution < -0.4 is 4.57 Å². The van der Waals surface area contributed by atoms with Gasteiger partial charge in [-0.05, 0) is 6.42 Å². The van der Waals surface area contributed by atoms with Crippen molar-refractivity contribution in [2.75, 3.05) is 6.61 Å². The summed E-state index contributed by atoms with van der Waals surface area (Å²) < 4.78 is 9.15. The zero-order valence-corrected chi connectivity index (χ0v) is 9.71. The second kappa shape index (κ2) is 6.79. The van der Waals surface area contributed by atoms with Crippen LogP contribution in [0.4, 0.5) is 0 Å². The fourth-order valence-corrected chi connectivity index (χ4v) is 1.32. The molecular weight excluding hydrogens is 206 g/mol. The van der Waals surface area contributed by atoms with E-state index in [1.165, 1.54) is 6.21 Å². The molecule has 0 spiro atoms. The van der Waals surface area contributed by atoms with Crippen molar-refractivity contribution in [3.8, 4) is 0 Å². The van der Waals surface area contributed by atoms with E-state index in [2.05, 4.69) is 18.2 Å². The molecule has 5 heteroatoms. The summed E-state index contributed by atoms with van der Waals surface area (Å²) in [6, 6.07) is 0. The number of hydrogen-bond donors (Lipinski definition) is 1. The van der Waals surface area contributed by atoms with E-state index in [0.717, 1.165) is 12.2 Å². The Kier molecular flexibility index (Phi) is 5.28. The lowest BCUT2D eigenvalue weighted by Gasteiger charge is -1.99. The number of imidazole rings is 1. The van der Waals surface area contributed by atoms with Gasteiger partial charge in [-0.2, -0.15) is 0 Å². The van der Waals surface area contributed by atoms with E-state index in [4.69, 9.17) is 9.94 Å². The SMILES string of the molecule is CC/C=C\COCn1cc[n+](C)c1/C=N/O. The standard InChI is InChI=1S/C11H17N3O2/c1-3-4-5-8-16-10-14-7-6-13(2)11(14)9-12-15/h4-7,9H,3,8,10H2,1-2H3/p+1/b5-4-. The summed E-state index contributed by atoms with van der Waals surface area (Å²) in [7, 11) is 1.88. The summed E-state index contributed by atoms with van der Waals surface area (Å²) in [5.74, 6) is 0.780. The average Bonchev–Trinajstić information content (AvgIpc) is 2.62. The smallest absolute Gasteiger partial charge is 0.305 e. The van der Waals surface area contributed by atoms with Gasteiger partial charge in [0.2, 0.25) is 0 Å². The van der Waals surface area contributed by atoms with Gasteiger partial charge in [0.15, 0.2) is 12.9 Å². The molecule has 0 atom stereocenters. The van der Waals surface area contributed by atoms with Crippen molar-refractivity contribution in [3.63, 3.8) is 0 Å². The third-order valence-corrected chi connectivity index (χ3v) is 2.15. The molecule has 0 fully saturated rings. The molecule has 1 rings (SSSR count). The van der Waals surface area contributed by atoms with Crippen LogP contribution >= 0.6 is 0 Å². The fourth-order valence-electron chi connectivity index (χ4n) is 1.32. The lowest BCUT2D eigenvalue weighted by Crippen LogP contribution is -2.32. The summed E-state index contributed by atoms with van der Waals surface area (Å²) in [4.78, 5) is 0. The van der Waals surface area contributed by atoms with Crippen LogP contribution in [-0.2, 0) is 18.5 Å². The van der Waals surface area contributed by atoms with Gasteiger partial charge in [0.05, 0.1) is 13.7 Å². The van der Waals surface area contributed by atoms with Crippen LogP contribution in [0.15, 0.2) is 29.7 Å². The maximum Gasteiger partial charge on any atom is 0.305 e. The van der Waals surface area contributed by atoms with Crippen molar-refractivity contribution in [1.29, 1.82) is 0 Å². The minimum Gasteiger partial charge on any atom is -0.411 e. The second-order valence-electron chi connectivity index (χ2n) is 3.36. The molecule has 0 saturated heterocycles. The average molecular weight is 224 g/mol. The summed E-state index contributed by atoms with van der Waals surface area (Å²) in [6.07, 6.45) is 10.2. The molecule has 0 aliphatic heterocycles. The number of hydrogen-bond acceptors (Lipinski definition) is 3. The molecule has 1 aromatic rings. The van der Waals surface area contributed by atoms with Gasteiger partial charge in [-0.1, -0.05) is 24.2 Å². The van der Waals surface area contributed by atoms with Gasteiger partial charge in [-0.25, -0.2) is 9.13 Å². The first-order valence-electron chi connectivity index (χ1n) is 5.24. The Morgan fingerprint density at radius 2 is 2.38 bits per heavy atom. The van der Waals surface area contributed by atoms with Crippen molar-refractivity contribution >= 4 is 6.21 Å². The highest BCUT2D eigenvalue weighted by Crippen LogP contribution is 1.93. The van der Waals surface area contributed by atoms with E-state index in [-0.39, 0.29) is 0 Å². The predicted molar refractivity (Wildman–Crippen MR) is 60.4 cm³/mol. The lowest BCUT2D eigenvalue weighted by atomic mass is 10.4. The van der Waals surface area contributed by atoms with E-state index in [0.29, 0.717) is 13.3 Å². The molecule has 0 aliphatic carbocycles. The number of aryl methyl sites for hydroxylation is 1. The van der Waals surface area contributed by atoms with E-state index >= 15 is 0 Å². The van der Waals surface area contributed by atoms with Crippen molar-refractivity contribution in [2.45, 2.75) is 20.1 Å². The number of aromatic nitrogens is 2. The minimum atomic E-state index is 0.441. The van der Waals surface area contributed by atoms with Crippen LogP contribution in [0.2, 0.25) is 0 Å². The van der Waals surface area contributed by atoms with Crippen LogP contribution in [0.25, 0.3) is 0 Å². The molecule has 0 saturated carbocycles. The monoisotopic (exact) mass is 224 g/mol. The molecule has 0 unspecified atom stereocenters. The first-order valence-corrected chi connectivity index (χ1v) is 5.24. The van der Waals surface area contributed by atoms with E-state index in [1.54, 1.807) is 0 Å². The molecule has 0 radical (unpaired) electrons. The van der Waals surface area contributed by atoms with Gasteiger partial charge in [-0.15, -0.1) is 0 Å². The van der Waals surface area contributed by atoms with Gasteiger partial charge < -0.3 is 9.94 Å². The lowest BCUT2D eigenvalue weighted by molar-refractivity contribution is -0.672. The molecule has 0 amide bonds. The second-order valence-corrected chi connectivity index (χ2v) is 3.36. The minimum absolute atomic E-state index is 0.441. The van der Waals surface area contributed by atoms with E-state index < -0.39 is 0 Å². The zero-order chi connectivity index (χ0) is 11.8. The molecule has 5 nitrogen and oxygen atoms in total. The van der Waals surface area contributed by atoms with Crippen LogP contribution in [0.5, 0.6) is 0 Å². The summed E-state index contributed by atoms with van der Waals surface area (Å²) in [5.41, 5.74) is 0. The highest BCUT2D eigenvalue weighted by Gasteiger charge is 2.11. The van der Waals surface area contributed by atoms with Crippen LogP contribution in [-0.4, -0.2) is 22.6 Å². The van der Waals surface area contributed by atoms with Crippen LogP contribution in [0.3, 0.4) is 0 Å². The number of oxime groups is 1. The number of rotatable bonds is 6. The molecule has 1 aromatic heterocycles. The topological polar surface area (TPSA) is 50.6 Å². The third kappa shape index (κ3) is 3.51. The Labute approximate surface area is 95.3 Å². The van der Waals surface area contributed by atoms with Crippen molar-refractivity contribution in [1.82, 2.24) is 4.57 Å². The maximum absolute atomic E-state index is 8.52. The Morgan fingerprint density at radius 1 is 1.56 bits per heavy atom. The largest absolute Gasteiger partial charge is 0.411 e. The predicted octanol–water partition coefficient (Wildman–Crippen LogP) is 1.06. The van der Waals surface area contributed by atoms with Crippen molar-refractivity contribution < 1.29 is 14.5 Å². The molecule has 0 aromatic carbocycles. The quantitative estimate of drug-likeness (QED) is 0.196. The summed E-state index contributed by atoms with van der Waals surface area (Å²) >= 11 is 0. The van der Waals surface area contributed by atoms with Crippen LogP contribution in [0.1, 0.15) is 19.2 Å². The Balaban J connectivity index is 2.50. The fraction of sp³-hybridized carbons (Fsp3) is 0.455. The van der Waals surface area contributed by atoms with E-state index in [1.807, 2.05) is 34.7 Å². The molecule has 1 heterocycles. The van der Waals surface area contributed by atoms with Gasteiger partial charge in [-0.3, -0.25) is 0 Å². The zero-order valence-electron chi connectivity index (χ0n) is 9.71. The molecule has 1 N–H and O–H groups in total. The molecule has 88 valence electrons. The van der Waals surface area contributed by atoms with E-state index in [9.17, 15) is 0 Å². The first kappa shape index (κ1) is 12.4. The van der Waals surface area contributed by atoms with Gasteiger partial charge >= 0.3 is 5.82 Å². The summed E-state index contributed by atoms with van der Waals surface area (Å²) in [5, 5.41) is 11.5. The Bertz CT molecular complexity index is 369. The number of nitrogens with zero attached hydrogens (tertiary/aromatic N) is 3. The molecule has 0 aliphatic rings. The Morgan fingerprint density at radius 3 is 3.06 bits per heavy atom. The van der Waals surface area contributed by atoms with Crippen molar-refractivity contribution in [3.05, 3.63) is 30.4 Å². The summed E-state index contributed by atoms with van der Waals surface area (Å²) in [6.45, 7) is 3.11. The normalized spacial score (nSPS) is 11.9. The molecule has 0 bridgehead atoms. The van der Waals surface area contributed by atoms with Gasteiger partial charge in [0.25, 0.3) is 0 Å². The van der Waals surface area contributed by atoms with Gasteiger partial charge in [0.1, 0.15) is 12.4 Å². The highest BCUT2D eigenvalue weighted by atomic mass is 16.5. The van der Waals surface area contributed by atoms with Crippen LogP contribution in [0, 0.1) is 0 Å². The molecule has 16 heavy (non-hydrogen) atoms. The third-order valence-electron chi connectivity index (χ3n) is 2.15. The first-order chi connectivity index (χ1) is 7.79. The highest BCUT2D eigenvalue weighted by molar-refractivity contribution is 5.72. The Hall–Kier alpha value is -1.62. The van der Waals surface area contributed by atoms with Crippen molar-refractivity contribution in [2.24, 2.45) is 12.2 Å².